The first-order chi connectivity index (χ1) is 15.5. The van der Waals surface area contributed by atoms with Gasteiger partial charge in [0.1, 0.15) is 5.82 Å². The van der Waals surface area contributed by atoms with Crippen LogP contribution in [0.2, 0.25) is 0 Å². The largest absolute Gasteiger partial charge is 0.490 e. The average molecular weight is 434 g/mol. The van der Waals surface area contributed by atoms with Crippen molar-refractivity contribution in [3.63, 3.8) is 0 Å². The second-order valence-corrected chi connectivity index (χ2v) is 7.48. The summed E-state index contributed by atoms with van der Waals surface area (Å²) in [7, 11) is 0. The zero-order valence-electron chi connectivity index (χ0n) is 17.6. The van der Waals surface area contributed by atoms with Crippen molar-refractivity contribution < 1.29 is 23.5 Å². The van der Waals surface area contributed by atoms with E-state index in [1.165, 1.54) is 18.2 Å². The molecule has 1 aliphatic rings. The molecule has 0 saturated heterocycles. The van der Waals surface area contributed by atoms with E-state index in [0.717, 1.165) is 17.5 Å². The van der Waals surface area contributed by atoms with E-state index in [-0.39, 0.29) is 11.5 Å². The molecule has 6 nitrogen and oxygen atoms in total. The molecule has 0 unspecified atom stereocenters. The minimum atomic E-state index is -0.605. The lowest BCUT2D eigenvalue weighted by atomic mass is 10.1. The third-order valence-electron chi connectivity index (χ3n) is 5.13. The van der Waals surface area contributed by atoms with Gasteiger partial charge >= 0.3 is 0 Å². The van der Waals surface area contributed by atoms with Crippen molar-refractivity contribution in [3.8, 4) is 11.5 Å². The fourth-order valence-electron chi connectivity index (χ4n) is 3.33. The normalized spacial score (nSPS) is 12.6. The Bertz CT molecular complexity index is 1160. The molecule has 3 aromatic carbocycles. The van der Waals surface area contributed by atoms with Crippen LogP contribution in [0.15, 0.2) is 60.7 Å². The Kier molecular flexibility index (Phi) is 6.35. The third kappa shape index (κ3) is 4.88. The van der Waals surface area contributed by atoms with Crippen LogP contribution in [0.5, 0.6) is 11.5 Å². The minimum absolute atomic E-state index is 0.0591. The number of hydrogen-bond donors (Lipinski definition) is 2. The maximum atomic E-state index is 13.9. The Balaban J connectivity index is 1.44. The van der Waals surface area contributed by atoms with Gasteiger partial charge in [0.25, 0.3) is 11.8 Å². The number of hydrogen-bond acceptors (Lipinski definition) is 4. The van der Waals surface area contributed by atoms with Gasteiger partial charge < -0.3 is 20.1 Å². The van der Waals surface area contributed by atoms with Crippen LogP contribution in [0.25, 0.3) is 0 Å². The molecule has 0 aromatic heterocycles. The minimum Gasteiger partial charge on any atom is -0.490 e. The summed E-state index contributed by atoms with van der Waals surface area (Å²) in [4.78, 5) is 25.1. The quantitative estimate of drug-likeness (QED) is 0.621. The number of amides is 2. The van der Waals surface area contributed by atoms with Gasteiger partial charge in [0.2, 0.25) is 0 Å². The van der Waals surface area contributed by atoms with Gasteiger partial charge in [0.15, 0.2) is 11.5 Å². The van der Waals surface area contributed by atoms with Crippen LogP contribution in [0.3, 0.4) is 0 Å². The summed E-state index contributed by atoms with van der Waals surface area (Å²) in [6.45, 7) is 3.32. The van der Waals surface area contributed by atoms with Gasteiger partial charge in [-0.1, -0.05) is 24.3 Å². The third-order valence-corrected chi connectivity index (χ3v) is 5.13. The van der Waals surface area contributed by atoms with Gasteiger partial charge in [-0.25, -0.2) is 4.39 Å². The van der Waals surface area contributed by atoms with Crippen molar-refractivity contribution in [2.75, 3.05) is 18.5 Å². The van der Waals surface area contributed by atoms with E-state index in [0.29, 0.717) is 42.5 Å². The van der Waals surface area contributed by atoms with Crippen molar-refractivity contribution >= 4 is 17.5 Å². The van der Waals surface area contributed by atoms with Gasteiger partial charge in [-0.3, -0.25) is 9.59 Å². The monoisotopic (exact) mass is 434 g/mol. The highest BCUT2D eigenvalue weighted by Gasteiger charge is 2.15. The number of aryl methyl sites for hydroxylation is 1. The Labute approximate surface area is 185 Å². The number of anilines is 1. The maximum absolute atomic E-state index is 13.9. The summed E-state index contributed by atoms with van der Waals surface area (Å²) in [6.07, 6.45) is 0.823. The number of fused-ring (bicyclic) bond motifs is 1. The first-order valence-electron chi connectivity index (χ1n) is 10.3. The zero-order chi connectivity index (χ0) is 22.5. The van der Waals surface area contributed by atoms with Gasteiger partial charge in [-0.2, -0.15) is 0 Å². The Morgan fingerprint density at radius 1 is 0.938 bits per heavy atom. The summed E-state index contributed by atoms with van der Waals surface area (Å²) in [5, 5.41) is 5.56. The molecule has 4 rings (SSSR count). The number of carbonyl (C=O) groups excluding carboxylic acids is 2. The first kappa shape index (κ1) is 21.4. The van der Waals surface area contributed by atoms with Crippen molar-refractivity contribution in [3.05, 3.63) is 88.7 Å². The molecular weight excluding hydrogens is 411 g/mol. The van der Waals surface area contributed by atoms with E-state index in [1.807, 2.05) is 18.2 Å². The zero-order valence-corrected chi connectivity index (χ0v) is 17.6. The fraction of sp³-hybridized carbons (Fsp3) is 0.200. The Morgan fingerprint density at radius 3 is 2.53 bits per heavy atom. The summed E-state index contributed by atoms with van der Waals surface area (Å²) < 4.78 is 25.2. The average Bonchev–Trinajstić information content (AvgIpc) is 3.04. The highest BCUT2D eigenvalue weighted by Crippen LogP contribution is 2.30. The number of carbonyl (C=O) groups is 2. The molecule has 0 atom stereocenters. The number of rotatable bonds is 5. The Hall–Kier alpha value is -3.87. The standard InChI is InChI=1S/C25H23FN2O4/c1-16-7-9-18(14-21(16)28-25(30)19-5-2-3-6-20(19)26)24(29)27-15-17-8-10-22-23(13-17)32-12-4-11-31-22/h2-3,5-10,13-14H,4,11-12,15H2,1H3,(H,27,29)(H,28,30). The van der Waals surface area contributed by atoms with Crippen molar-refractivity contribution in [1.82, 2.24) is 5.32 Å². The van der Waals surface area contributed by atoms with Crippen LogP contribution >= 0.6 is 0 Å². The molecule has 164 valence electrons. The smallest absolute Gasteiger partial charge is 0.258 e. The lowest BCUT2D eigenvalue weighted by Gasteiger charge is -2.12. The van der Waals surface area contributed by atoms with Crippen LogP contribution in [0.1, 0.15) is 38.3 Å². The number of benzene rings is 3. The molecule has 0 aliphatic carbocycles. The van der Waals surface area contributed by atoms with Crippen molar-refractivity contribution in [1.29, 1.82) is 0 Å². The van der Waals surface area contributed by atoms with Gasteiger partial charge in [-0.05, 0) is 54.4 Å². The molecular formula is C25H23FN2O4. The maximum Gasteiger partial charge on any atom is 0.258 e. The second-order valence-electron chi connectivity index (χ2n) is 7.48. The molecule has 0 spiro atoms. The molecule has 7 heteroatoms. The lowest BCUT2D eigenvalue weighted by molar-refractivity contribution is 0.0949. The highest BCUT2D eigenvalue weighted by molar-refractivity contribution is 6.05. The topological polar surface area (TPSA) is 76.7 Å². The van der Waals surface area contributed by atoms with Gasteiger partial charge in [-0.15, -0.1) is 0 Å². The van der Waals surface area contributed by atoms with Crippen LogP contribution in [0, 0.1) is 12.7 Å². The highest BCUT2D eigenvalue weighted by atomic mass is 19.1. The van der Waals surface area contributed by atoms with Crippen LogP contribution in [-0.2, 0) is 6.54 Å². The van der Waals surface area contributed by atoms with E-state index < -0.39 is 11.7 Å². The summed E-state index contributed by atoms with van der Waals surface area (Å²) >= 11 is 0. The molecule has 0 bridgehead atoms. The van der Waals surface area contributed by atoms with Crippen LogP contribution in [-0.4, -0.2) is 25.0 Å². The summed E-state index contributed by atoms with van der Waals surface area (Å²) in [6, 6.07) is 16.3. The molecule has 0 radical (unpaired) electrons. The van der Waals surface area contributed by atoms with Gasteiger partial charge in [0, 0.05) is 24.2 Å². The van der Waals surface area contributed by atoms with Crippen molar-refractivity contribution in [2.24, 2.45) is 0 Å². The Morgan fingerprint density at radius 2 is 1.72 bits per heavy atom. The van der Waals surface area contributed by atoms with E-state index in [2.05, 4.69) is 10.6 Å². The molecule has 2 N–H and O–H groups in total. The van der Waals surface area contributed by atoms with Gasteiger partial charge in [0.05, 0.1) is 18.8 Å². The predicted molar refractivity (Wildman–Crippen MR) is 119 cm³/mol. The lowest BCUT2D eigenvalue weighted by Crippen LogP contribution is -2.23. The van der Waals surface area contributed by atoms with E-state index >= 15 is 0 Å². The number of ether oxygens (including phenoxy) is 2. The molecule has 2 amide bonds. The van der Waals surface area contributed by atoms with Crippen molar-refractivity contribution in [2.45, 2.75) is 19.9 Å². The SMILES string of the molecule is Cc1ccc(C(=O)NCc2ccc3c(c2)OCCCO3)cc1NC(=O)c1ccccc1F. The first-order valence-corrected chi connectivity index (χ1v) is 10.3. The number of nitrogens with one attached hydrogen (secondary N) is 2. The molecule has 0 fully saturated rings. The molecule has 32 heavy (non-hydrogen) atoms. The van der Waals surface area contributed by atoms with E-state index in [1.54, 1.807) is 31.2 Å². The summed E-state index contributed by atoms with van der Waals surface area (Å²) in [5.74, 6) is -0.102. The molecule has 3 aromatic rings. The van der Waals surface area contributed by atoms with Crippen LogP contribution < -0.4 is 20.1 Å². The molecule has 1 heterocycles. The number of halogens is 1. The fourth-order valence-corrected chi connectivity index (χ4v) is 3.33. The predicted octanol–water partition coefficient (Wildman–Crippen LogP) is 4.48. The van der Waals surface area contributed by atoms with E-state index in [4.69, 9.17) is 9.47 Å². The van der Waals surface area contributed by atoms with Crippen LogP contribution in [0.4, 0.5) is 10.1 Å². The summed E-state index contributed by atoms with van der Waals surface area (Å²) in [5.41, 5.74) is 2.41. The molecule has 1 aliphatic heterocycles. The second kappa shape index (κ2) is 9.51. The van der Waals surface area contributed by atoms with E-state index in [9.17, 15) is 14.0 Å². The molecule has 0 saturated carbocycles.